The van der Waals surface area contributed by atoms with E-state index >= 15 is 0 Å². The first-order chi connectivity index (χ1) is 26.9. The first-order valence-corrected chi connectivity index (χ1v) is 19.8. The Bertz CT molecular complexity index is 1790. The van der Waals surface area contributed by atoms with Gasteiger partial charge in [0.25, 0.3) is 0 Å². The molecule has 1 N–H and O–H groups in total. The van der Waals surface area contributed by atoms with Gasteiger partial charge in [-0.3, -0.25) is 24.1 Å². The Hall–Kier alpha value is -5.03. The van der Waals surface area contributed by atoms with E-state index in [1.54, 1.807) is 31.1 Å². The van der Waals surface area contributed by atoms with E-state index in [1.807, 2.05) is 90.1 Å². The molecule has 2 amide bonds. The SMILES string of the molecule is CC[C@@H](C)[C@H](OC(=O)[C@H](Cc1ccc(C)cc1)N(C)C)C(=O)C[C@H](C(=O)N(C)[C@@H](Cc1ccc(O)cc1)C(=O)N(C)[C@@H](Cc1ccc(C)cc1)C(=O)OC)C(C)C. The van der Waals surface area contributed by atoms with Crippen LogP contribution in [-0.2, 0) is 52.7 Å². The molecule has 0 aliphatic carbocycles. The summed E-state index contributed by atoms with van der Waals surface area (Å²) in [6, 6.07) is 19.2. The van der Waals surface area contributed by atoms with Crippen LogP contribution in [0.4, 0.5) is 0 Å². The summed E-state index contributed by atoms with van der Waals surface area (Å²) >= 11 is 0. The second-order valence-electron chi connectivity index (χ2n) is 15.9. The zero-order valence-electron chi connectivity index (χ0n) is 35.7. The largest absolute Gasteiger partial charge is 0.508 e. The van der Waals surface area contributed by atoms with Crippen LogP contribution < -0.4 is 0 Å². The summed E-state index contributed by atoms with van der Waals surface area (Å²) in [5.41, 5.74) is 4.63. The maximum atomic E-state index is 14.6. The van der Waals surface area contributed by atoms with E-state index in [0.29, 0.717) is 18.4 Å². The lowest BCUT2D eigenvalue weighted by Gasteiger charge is -2.36. The molecule has 0 spiro atoms. The van der Waals surface area contributed by atoms with Crippen molar-refractivity contribution >= 4 is 29.5 Å². The van der Waals surface area contributed by atoms with Crippen molar-refractivity contribution in [2.24, 2.45) is 17.8 Å². The van der Waals surface area contributed by atoms with Crippen molar-refractivity contribution in [1.82, 2.24) is 14.7 Å². The summed E-state index contributed by atoms with van der Waals surface area (Å²) < 4.78 is 11.2. The Labute approximate surface area is 339 Å². The van der Waals surface area contributed by atoms with Crippen molar-refractivity contribution in [2.45, 2.75) is 97.9 Å². The molecular formula is C46H63N3O8. The third-order valence-electron chi connectivity index (χ3n) is 11.0. The third kappa shape index (κ3) is 13.0. The van der Waals surface area contributed by atoms with Gasteiger partial charge in [-0.05, 0) is 75.5 Å². The number of phenols is 1. The zero-order chi connectivity index (χ0) is 42.6. The molecule has 6 atom stereocenters. The van der Waals surface area contributed by atoms with Crippen molar-refractivity contribution in [1.29, 1.82) is 0 Å². The number of esters is 2. The summed E-state index contributed by atoms with van der Waals surface area (Å²) in [4.78, 5) is 74.7. The van der Waals surface area contributed by atoms with Gasteiger partial charge in [0.05, 0.1) is 7.11 Å². The molecule has 0 fully saturated rings. The summed E-state index contributed by atoms with van der Waals surface area (Å²) in [5.74, 6) is -3.85. The van der Waals surface area contributed by atoms with Crippen LogP contribution in [0.3, 0.4) is 0 Å². The van der Waals surface area contributed by atoms with E-state index in [2.05, 4.69) is 0 Å². The van der Waals surface area contributed by atoms with E-state index in [1.165, 1.54) is 43.1 Å². The Kier molecular flexibility index (Phi) is 17.5. The number of likely N-dealkylation sites (N-methyl/N-ethyl adjacent to an activating group) is 3. The lowest BCUT2D eigenvalue weighted by atomic mass is 9.85. The molecule has 0 saturated carbocycles. The number of methoxy groups -OCH3 is 1. The quantitative estimate of drug-likeness (QED) is 0.137. The summed E-state index contributed by atoms with van der Waals surface area (Å²) in [7, 11) is 7.92. The van der Waals surface area contributed by atoms with Gasteiger partial charge in [0, 0.05) is 45.2 Å². The minimum absolute atomic E-state index is 0.0500. The van der Waals surface area contributed by atoms with Crippen molar-refractivity contribution in [2.75, 3.05) is 35.3 Å². The molecule has 0 heterocycles. The fraction of sp³-hybridized carbons (Fsp3) is 0.500. The highest BCUT2D eigenvalue weighted by Gasteiger charge is 2.40. The molecule has 0 unspecified atom stereocenters. The number of amides is 2. The van der Waals surface area contributed by atoms with Gasteiger partial charge in [0.15, 0.2) is 11.9 Å². The number of hydrogen-bond donors (Lipinski definition) is 1. The molecule has 3 rings (SSSR count). The van der Waals surface area contributed by atoms with Crippen LogP contribution in [0.25, 0.3) is 0 Å². The molecule has 310 valence electrons. The number of ketones is 1. The van der Waals surface area contributed by atoms with Crippen LogP contribution >= 0.6 is 0 Å². The maximum absolute atomic E-state index is 14.6. The number of phenolic OH excluding ortho intramolecular Hbond substituents is 1. The van der Waals surface area contributed by atoms with Crippen LogP contribution in [0, 0.1) is 31.6 Å². The Balaban J connectivity index is 1.93. The Morgan fingerprint density at radius 3 is 1.51 bits per heavy atom. The van der Waals surface area contributed by atoms with Gasteiger partial charge in [-0.2, -0.15) is 0 Å². The average Bonchev–Trinajstić information content (AvgIpc) is 3.19. The second kappa shape index (κ2) is 21.5. The van der Waals surface area contributed by atoms with Gasteiger partial charge in [-0.1, -0.05) is 99.5 Å². The van der Waals surface area contributed by atoms with Crippen LogP contribution in [0.5, 0.6) is 5.75 Å². The smallest absolute Gasteiger partial charge is 0.328 e. The Morgan fingerprint density at radius 2 is 1.07 bits per heavy atom. The first kappa shape index (κ1) is 46.4. The van der Waals surface area contributed by atoms with E-state index in [4.69, 9.17) is 9.47 Å². The van der Waals surface area contributed by atoms with E-state index in [0.717, 1.165) is 22.3 Å². The van der Waals surface area contributed by atoms with Gasteiger partial charge in [-0.25, -0.2) is 4.79 Å². The lowest BCUT2D eigenvalue weighted by molar-refractivity contribution is -0.163. The number of carbonyl (C=O) groups is 5. The number of ether oxygens (including phenoxy) is 2. The second-order valence-corrected chi connectivity index (χ2v) is 15.9. The van der Waals surface area contributed by atoms with Gasteiger partial charge >= 0.3 is 11.9 Å². The van der Waals surface area contributed by atoms with Gasteiger partial charge in [0.1, 0.15) is 23.9 Å². The number of benzene rings is 3. The number of Topliss-reactive ketones (excluding diaryl/α,β-unsaturated/α-hetero) is 1. The molecule has 0 aromatic heterocycles. The molecule has 3 aromatic carbocycles. The number of aromatic hydroxyl groups is 1. The topological polar surface area (TPSA) is 134 Å². The van der Waals surface area contributed by atoms with Crippen molar-refractivity contribution in [3.63, 3.8) is 0 Å². The van der Waals surface area contributed by atoms with Gasteiger partial charge < -0.3 is 24.4 Å². The van der Waals surface area contributed by atoms with Crippen LogP contribution in [0.2, 0.25) is 0 Å². The summed E-state index contributed by atoms with van der Waals surface area (Å²) in [6.07, 6.45) is -0.0562. The highest BCUT2D eigenvalue weighted by Crippen LogP contribution is 2.26. The lowest BCUT2D eigenvalue weighted by Crippen LogP contribution is -2.55. The van der Waals surface area contributed by atoms with Crippen molar-refractivity contribution in [3.8, 4) is 5.75 Å². The van der Waals surface area contributed by atoms with E-state index < -0.39 is 53.9 Å². The average molecular weight is 786 g/mol. The van der Waals surface area contributed by atoms with Gasteiger partial charge in [0.2, 0.25) is 11.8 Å². The predicted molar refractivity (Wildman–Crippen MR) is 221 cm³/mol. The van der Waals surface area contributed by atoms with Crippen LogP contribution in [0.1, 0.15) is 68.4 Å². The number of hydrogen-bond acceptors (Lipinski definition) is 9. The molecule has 0 aliphatic heterocycles. The highest BCUT2D eigenvalue weighted by molar-refractivity contribution is 5.94. The Morgan fingerprint density at radius 1 is 0.632 bits per heavy atom. The van der Waals surface area contributed by atoms with E-state index in [9.17, 15) is 29.1 Å². The minimum Gasteiger partial charge on any atom is -0.508 e. The third-order valence-corrected chi connectivity index (χ3v) is 11.0. The molecule has 11 heteroatoms. The number of rotatable bonds is 20. The highest BCUT2D eigenvalue weighted by atomic mass is 16.5. The number of aryl methyl sites for hydroxylation is 2. The standard InChI is InChI=1S/C46H63N3O8/c1-12-32(6)42(57-46(55)39(47(7)8)26-33-17-13-30(4)14-18-33)41(51)28-37(29(2)3)43(52)48(9)38(25-35-21-23-36(50)24-22-35)44(53)49(10)40(45(54)56-11)27-34-19-15-31(5)16-20-34/h13-24,29,32,37-40,42,50H,12,25-28H2,1-11H3/t32-,37+,38+,39+,40+,42+/m1/s1. The summed E-state index contributed by atoms with van der Waals surface area (Å²) in [5, 5.41) is 9.95. The number of nitrogens with zero attached hydrogens (tertiary/aromatic N) is 3. The summed E-state index contributed by atoms with van der Waals surface area (Å²) in [6.45, 7) is 11.4. The fourth-order valence-electron chi connectivity index (χ4n) is 6.79. The maximum Gasteiger partial charge on any atom is 0.328 e. The molecule has 11 nitrogen and oxygen atoms in total. The monoisotopic (exact) mass is 785 g/mol. The molecular weight excluding hydrogens is 723 g/mol. The molecule has 0 saturated heterocycles. The fourth-order valence-corrected chi connectivity index (χ4v) is 6.79. The molecule has 0 bridgehead atoms. The van der Waals surface area contributed by atoms with Crippen molar-refractivity contribution < 1.29 is 38.6 Å². The zero-order valence-corrected chi connectivity index (χ0v) is 35.7. The number of carbonyl (C=O) groups excluding carboxylic acids is 5. The van der Waals surface area contributed by atoms with Crippen LogP contribution in [0.15, 0.2) is 72.8 Å². The normalized spacial score (nSPS) is 14.5. The first-order valence-electron chi connectivity index (χ1n) is 19.8. The molecule has 3 aromatic rings. The molecule has 0 radical (unpaired) electrons. The predicted octanol–water partition coefficient (Wildman–Crippen LogP) is 5.98. The van der Waals surface area contributed by atoms with Crippen molar-refractivity contribution in [3.05, 3.63) is 101 Å². The molecule has 0 aliphatic rings. The van der Waals surface area contributed by atoms with E-state index in [-0.39, 0.29) is 42.6 Å². The van der Waals surface area contributed by atoms with Crippen LogP contribution in [-0.4, -0.2) is 109 Å². The minimum atomic E-state index is -1.08. The molecule has 57 heavy (non-hydrogen) atoms. The van der Waals surface area contributed by atoms with Gasteiger partial charge in [-0.15, -0.1) is 0 Å².